The van der Waals surface area contributed by atoms with Gasteiger partial charge in [-0.2, -0.15) is 0 Å². The molecule has 2 aliphatic heterocycles. The summed E-state index contributed by atoms with van der Waals surface area (Å²) >= 11 is 7.36. The van der Waals surface area contributed by atoms with Crippen molar-refractivity contribution in [1.29, 1.82) is 0 Å². The van der Waals surface area contributed by atoms with E-state index in [2.05, 4.69) is 10.6 Å². The standard InChI is InChI=1S/C23H25ClN2O4S/c24-16-7-8-20-19(11-16)26-23(28)21(31-20)12-22(27)25-17-5-3-4-15(10-17)13-29-14-18-6-1-2-9-30-18/h3-5,7-8,10-11,18,21H,1-2,6,9,12-14H2,(H,25,27)(H,26,28). The zero-order valence-electron chi connectivity index (χ0n) is 17.1. The number of thioether (sulfide) groups is 1. The van der Waals surface area contributed by atoms with Gasteiger partial charge in [0, 0.05) is 28.6 Å². The summed E-state index contributed by atoms with van der Waals surface area (Å²) in [5, 5.41) is 5.79. The Morgan fingerprint density at radius 3 is 3.00 bits per heavy atom. The van der Waals surface area contributed by atoms with Crippen molar-refractivity contribution in [2.45, 2.75) is 48.5 Å². The Kier molecular flexibility index (Phi) is 7.50. The summed E-state index contributed by atoms with van der Waals surface area (Å²) in [5.74, 6) is -0.402. The van der Waals surface area contributed by atoms with Crippen LogP contribution in [-0.2, 0) is 25.7 Å². The fourth-order valence-electron chi connectivity index (χ4n) is 3.62. The number of carbonyl (C=O) groups is 2. The average molecular weight is 461 g/mol. The molecule has 1 fully saturated rings. The number of benzene rings is 2. The van der Waals surface area contributed by atoms with Gasteiger partial charge in [-0.15, -0.1) is 11.8 Å². The third kappa shape index (κ3) is 6.23. The highest BCUT2D eigenvalue weighted by Crippen LogP contribution is 2.38. The molecule has 2 aromatic rings. The lowest BCUT2D eigenvalue weighted by Gasteiger charge is -2.24. The van der Waals surface area contributed by atoms with Gasteiger partial charge in [0.2, 0.25) is 11.8 Å². The minimum absolute atomic E-state index is 0.0817. The lowest BCUT2D eigenvalue weighted by molar-refractivity contribution is -0.120. The first kappa shape index (κ1) is 22.1. The van der Waals surface area contributed by atoms with Crippen LogP contribution in [0.2, 0.25) is 5.02 Å². The highest BCUT2D eigenvalue weighted by atomic mass is 35.5. The summed E-state index contributed by atoms with van der Waals surface area (Å²) in [4.78, 5) is 25.8. The number of anilines is 2. The Labute approximate surface area is 191 Å². The van der Waals surface area contributed by atoms with Crippen LogP contribution in [0.25, 0.3) is 0 Å². The molecule has 2 aromatic carbocycles. The van der Waals surface area contributed by atoms with Gasteiger partial charge in [0.1, 0.15) is 0 Å². The molecular formula is C23H25ClN2O4S. The van der Waals surface area contributed by atoms with Crippen LogP contribution in [0.5, 0.6) is 0 Å². The Balaban J connectivity index is 1.28. The third-order valence-corrected chi connectivity index (χ3v) is 6.70. The lowest BCUT2D eigenvalue weighted by atomic mass is 10.1. The van der Waals surface area contributed by atoms with Crippen molar-refractivity contribution in [2.24, 2.45) is 0 Å². The largest absolute Gasteiger partial charge is 0.376 e. The maximum absolute atomic E-state index is 12.6. The van der Waals surface area contributed by atoms with E-state index in [9.17, 15) is 9.59 Å². The van der Waals surface area contributed by atoms with Gasteiger partial charge in [0.05, 0.1) is 30.3 Å². The second-order valence-electron chi connectivity index (χ2n) is 7.69. The van der Waals surface area contributed by atoms with Crippen molar-refractivity contribution in [2.75, 3.05) is 23.8 Å². The Bertz CT molecular complexity index is 949. The van der Waals surface area contributed by atoms with Gasteiger partial charge in [-0.25, -0.2) is 0 Å². The Hall–Kier alpha value is -2.06. The van der Waals surface area contributed by atoms with E-state index >= 15 is 0 Å². The van der Waals surface area contributed by atoms with Crippen molar-refractivity contribution in [3.05, 3.63) is 53.1 Å². The SMILES string of the molecule is O=C(CC1Sc2ccc(Cl)cc2NC1=O)Nc1cccc(COCC2CCCCO2)c1. The number of hydrogen-bond donors (Lipinski definition) is 2. The summed E-state index contributed by atoms with van der Waals surface area (Å²) < 4.78 is 11.5. The molecule has 2 amide bonds. The molecule has 2 atom stereocenters. The van der Waals surface area contributed by atoms with E-state index in [1.54, 1.807) is 12.1 Å². The van der Waals surface area contributed by atoms with Crippen molar-refractivity contribution in [3.63, 3.8) is 0 Å². The number of halogens is 1. The Morgan fingerprint density at radius 2 is 2.16 bits per heavy atom. The fraction of sp³-hybridized carbons (Fsp3) is 0.391. The maximum Gasteiger partial charge on any atom is 0.238 e. The molecular weight excluding hydrogens is 436 g/mol. The van der Waals surface area contributed by atoms with Gasteiger partial charge in [-0.05, 0) is 55.2 Å². The Morgan fingerprint density at radius 1 is 1.26 bits per heavy atom. The molecule has 6 nitrogen and oxygen atoms in total. The van der Waals surface area contributed by atoms with E-state index < -0.39 is 5.25 Å². The van der Waals surface area contributed by atoms with E-state index in [4.69, 9.17) is 21.1 Å². The summed E-state index contributed by atoms with van der Waals surface area (Å²) in [6.45, 7) is 1.85. The van der Waals surface area contributed by atoms with E-state index in [-0.39, 0.29) is 24.3 Å². The van der Waals surface area contributed by atoms with Gasteiger partial charge in [0.25, 0.3) is 0 Å². The molecule has 0 radical (unpaired) electrons. The van der Waals surface area contributed by atoms with Crippen molar-refractivity contribution in [3.8, 4) is 0 Å². The van der Waals surface area contributed by atoms with Gasteiger partial charge in [-0.3, -0.25) is 9.59 Å². The van der Waals surface area contributed by atoms with E-state index in [1.165, 1.54) is 18.2 Å². The van der Waals surface area contributed by atoms with Crippen molar-refractivity contribution in [1.82, 2.24) is 0 Å². The molecule has 1 saturated heterocycles. The number of amides is 2. The van der Waals surface area contributed by atoms with Crippen molar-refractivity contribution >= 4 is 46.6 Å². The summed E-state index contributed by atoms with van der Waals surface area (Å²) in [6, 6.07) is 12.9. The highest BCUT2D eigenvalue weighted by Gasteiger charge is 2.29. The number of nitrogens with one attached hydrogen (secondary N) is 2. The minimum Gasteiger partial charge on any atom is -0.376 e. The predicted molar refractivity (Wildman–Crippen MR) is 123 cm³/mol. The number of ether oxygens (including phenoxy) is 2. The van der Waals surface area contributed by atoms with Crippen LogP contribution in [0.15, 0.2) is 47.4 Å². The first-order chi connectivity index (χ1) is 15.1. The normalized spacial score (nSPS) is 20.6. The van der Waals surface area contributed by atoms with Crippen LogP contribution in [0.3, 0.4) is 0 Å². The minimum atomic E-state index is -0.490. The predicted octanol–water partition coefficient (Wildman–Crippen LogP) is 4.87. The first-order valence-electron chi connectivity index (χ1n) is 10.4. The number of carbonyl (C=O) groups excluding carboxylic acids is 2. The molecule has 0 saturated carbocycles. The van der Waals surface area contributed by atoms with Crippen molar-refractivity contribution < 1.29 is 19.1 Å². The smallest absolute Gasteiger partial charge is 0.238 e. The molecule has 164 valence electrons. The zero-order valence-corrected chi connectivity index (χ0v) is 18.6. The van der Waals surface area contributed by atoms with Gasteiger partial charge >= 0.3 is 0 Å². The number of fused-ring (bicyclic) bond motifs is 1. The lowest BCUT2D eigenvalue weighted by Crippen LogP contribution is -2.32. The molecule has 2 N–H and O–H groups in total. The second-order valence-corrected chi connectivity index (χ2v) is 9.37. The number of hydrogen-bond acceptors (Lipinski definition) is 5. The molecule has 0 aromatic heterocycles. The number of rotatable bonds is 7. The average Bonchev–Trinajstić information content (AvgIpc) is 2.75. The van der Waals surface area contributed by atoms with Crippen LogP contribution >= 0.6 is 23.4 Å². The molecule has 2 unspecified atom stereocenters. The van der Waals surface area contributed by atoms with Crippen LogP contribution in [-0.4, -0.2) is 36.4 Å². The molecule has 0 aliphatic carbocycles. The van der Waals surface area contributed by atoms with E-state index in [0.717, 1.165) is 29.9 Å². The second kappa shape index (κ2) is 10.5. The summed E-state index contributed by atoms with van der Waals surface area (Å²) in [7, 11) is 0. The summed E-state index contributed by atoms with van der Waals surface area (Å²) in [6.07, 6.45) is 3.61. The van der Waals surface area contributed by atoms with E-state index in [1.807, 2.05) is 30.3 Å². The first-order valence-corrected chi connectivity index (χ1v) is 11.7. The highest BCUT2D eigenvalue weighted by molar-refractivity contribution is 8.01. The molecule has 31 heavy (non-hydrogen) atoms. The molecule has 0 spiro atoms. The zero-order chi connectivity index (χ0) is 21.6. The van der Waals surface area contributed by atoms with Gasteiger partial charge in [0.15, 0.2) is 0 Å². The fourth-order valence-corrected chi connectivity index (χ4v) is 4.89. The molecule has 0 bridgehead atoms. The quantitative estimate of drug-likeness (QED) is 0.616. The summed E-state index contributed by atoms with van der Waals surface area (Å²) in [5.41, 5.74) is 2.35. The van der Waals surface area contributed by atoms with Crippen LogP contribution < -0.4 is 10.6 Å². The molecule has 2 aliphatic rings. The van der Waals surface area contributed by atoms with E-state index in [0.29, 0.717) is 29.6 Å². The van der Waals surface area contributed by atoms with Crippen LogP contribution in [0, 0.1) is 0 Å². The maximum atomic E-state index is 12.6. The van der Waals surface area contributed by atoms with Crippen LogP contribution in [0.1, 0.15) is 31.2 Å². The molecule has 4 rings (SSSR count). The van der Waals surface area contributed by atoms with Gasteiger partial charge < -0.3 is 20.1 Å². The molecule has 8 heteroatoms. The monoisotopic (exact) mass is 460 g/mol. The third-order valence-electron chi connectivity index (χ3n) is 5.19. The van der Waals surface area contributed by atoms with Crippen LogP contribution in [0.4, 0.5) is 11.4 Å². The van der Waals surface area contributed by atoms with Gasteiger partial charge in [-0.1, -0.05) is 23.7 Å². The topological polar surface area (TPSA) is 76.7 Å². The molecule has 2 heterocycles.